The van der Waals surface area contributed by atoms with Crippen LogP contribution in [-0.4, -0.2) is 19.2 Å². The summed E-state index contributed by atoms with van der Waals surface area (Å²) in [7, 11) is 1.68. The number of benzene rings is 1. The Kier molecular flexibility index (Phi) is 4.12. The molecule has 2 aromatic rings. The van der Waals surface area contributed by atoms with Crippen molar-refractivity contribution in [3.63, 3.8) is 0 Å². The number of aryl methyl sites for hydroxylation is 1. The van der Waals surface area contributed by atoms with Crippen molar-refractivity contribution in [1.82, 2.24) is 0 Å². The summed E-state index contributed by atoms with van der Waals surface area (Å²) in [6.07, 6.45) is 1.69. The number of hydrogen-bond acceptors (Lipinski definition) is 3. The fourth-order valence-electron chi connectivity index (χ4n) is 1.74. The van der Waals surface area contributed by atoms with Crippen LogP contribution < -0.4 is 4.90 Å². The Labute approximate surface area is 116 Å². The lowest BCUT2D eigenvalue weighted by Crippen LogP contribution is -2.13. The van der Waals surface area contributed by atoms with E-state index in [-0.39, 0.29) is 5.78 Å². The minimum atomic E-state index is 0.0324. The highest BCUT2D eigenvalue weighted by atomic mass is 32.1. The predicted molar refractivity (Wildman–Crippen MR) is 78.0 cm³/mol. The molecule has 0 spiro atoms. The Hall–Kier alpha value is -1.94. The molecule has 4 heteroatoms. The fraction of sp³-hybridized carbons (Fsp3) is 0.200. The van der Waals surface area contributed by atoms with Crippen LogP contribution in [0.3, 0.4) is 0 Å². The molecule has 0 N–H and O–H groups in total. The number of carbonyl (C=O) groups excluding carboxylic acids is 2. The van der Waals surface area contributed by atoms with Gasteiger partial charge < -0.3 is 4.90 Å². The molecular weight excluding hydrogens is 258 g/mol. The van der Waals surface area contributed by atoms with Crippen molar-refractivity contribution in [2.45, 2.75) is 13.3 Å². The molecule has 1 amide bonds. The molecule has 98 valence electrons. The molecule has 0 saturated carbocycles. The van der Waals surface area contributed by atoms with Gasteiger partial charge in [0.05, 0.1) is 4.88 Å². The zero-order valence-electron chi connectivity index (χ0n) is 10.9. The molecule has 0 fully saturated rings. The van der Waals surface area contributed by atoms with Gasteiger partial charge in [-0.25, -0.2) is 0 Å². The van der Waals surface area contributed by atoms with Crippen LogP contribution in [0, 0.1) is 0 Å². The van der Waals surface area contributed by atoms with E-state index in [9.17, 15) is 9.59 Å². The van der Waals surface area contributed by atoms with E-state index in [1.54, 1.807) is 31.3 Å². The Morgan fingerprint density at radius 1 is 1.21 bits per heavy atom. The van der Waals surface area contributed by atoms with Gasteiger partial charge in [-0.15, -0.1) is 11.3 Å². The van der Waals surface area contributed by atoms with Crippen molar-refractivity contribution in [1.29, 1.82) is 0 Å². The summed E-state index contributed by atoms with van der Waals surface area (Å²) in [4.78, 5) is 26.3. The van der Waals surface area contributed by atoms with Crippen LogP contribution in [0.2, 0.25) is 0 Å². The first-order valence-electron chi connectivity index (χ1n) is 6.07. The van der Waals surface area contributed by atoms with Crippen LogP contribution in [0.15, 0.2) is 36.4 Å². The van der Waals surface area contributed by atoms with Gasteiger partial charge in [0.1, 0.15) is 0 Å². The summed E-state index contributed by atoms with van der Waals surface area (Å²) in [5.41, 5.74) is 1.42. The molecule has 0 unspecified atom stereocenters. The third kappa shape index (κ3) is 2.90. The highest BCUT2D eigenvalue weighted by molar-refractivity contribution is 7.14. The number of carbonyl (C=O) groups is 2. The van der Waals surface area contributed by atoms with Crippen LogP contribution in [0.1, 0.15) is 27.0 Å². The van der Waals surface area contributed by atoms with Gasteiger partial charge in [-0.05, 0) is 42.8 Å². The molecule has 0 radical (unpaired) electrons. The summed E-state index contributed by atoms with van der Waals surface area (Å²) in [5.74, 6) is 0.0324. The highest BCUT2D eigenvalue weighted by Gasteiger charge is 2.11. The lowest BCUT2D eigenvalue weighted by Gasteiger charge is -2.10. The van der Waals surface area contributed by atoms with Crippen molar-refractivity contribution < 1.29 is 9.59 Å². The fourth-order valence-corrected chi connectivity index (χ4v) is 2.65. The van der Waals surface area contributed by atoms with Gasteiger partial charge >= 0.3 is 0 Å². The second-order valence-electron chi connectivity index (χ2n) is 4.21. The Morgan fingerprint density at radius 3 is 2.42 bits per heavy atom. The monoisotopic (exact) mass is 273 g/mol. The van der Waals surface area contributed by atoms with E-state index in [1.807, 2.05) is 12.1 Å². The first-order valence-corrected chi connectivity index (χ1v) is 6.89. The summed E-state index contributed by atoms with van der Waals surface area (Å²) >= 11 is 1.53. The number of amides is 1. The second-order valence-corrected chi connectivity index (χ2v) is 5.38. The zero-order valence-corrected chi connectivity index (χ0v) is 11.7. The minimum Gasteiger partial charge on any atom is -0.318 e. The average Bonchev–Trinajstić information content (AvgIpc) is 2.94. The quantitative estimate of drug-likeness (QED) is 0.620. The van der Waals surface area contributed by atoms with Crippen LogP contribution in [0.4, 0.5) is 5.69 Å². The highest BCUT2D eigenvalue weighted by Crippen LogP contribution is 2.21. The van der Waals surface area contributed by atoms with Crippen molar-refractivity contribution in [2.24, 2.45) is 0 Å². The SMILES string of the molecule is CCc1ccc(C(=O)c2ccc(N(C)C=O)cc2)s1. The Bertz CT molecular complexity index is 586. The van der Waals surface area contributed by atoms with Gasteiger partial charge in [-0.1, -0.05) is 6.92 Å². The van der Waals surface area contributed by atoms with E-state index < -0.39 is 0 Å². The van der Waals surface area contributed by atoms with Crippen LogP contribution >= 0.6 is 11.3 Å². The largest absolute Gasteiger partial charge is 0.318 e. The maximum atomic E-state index is 12.3. The normalized spacial score (nSPS) is 10.2. The van der Waals surface area contributed by atoms with Crippen molar-refractivity contribution in [3.8, 4) is 0 Å². The molecule has 0 aliphatic heterocycles. The van der Waals surface area contributed by atoms with Crippen molar-refractivity contribution in [2.75, 3.05) is 11.9 Å². The van der Waals surface area contributed by atoms with Gasteiger partial charge in [0.15, 0.2) is 0 Å². The number of ketones is 1. The molecule has 1 aromatic heterocycles. The third-order valence-corrected chi connectivity index (χ3v) is 4.16. The molecule has 0 atom stereocenters. The minimum absolute atomic E-state index is 0.0324. The van der Waals surface area contributed by atoms with Gasteiger partial charge in [0.2, 0.25) is 12.2 Å². The number of rotatable bonds is 5. The maximum Gasteiger partial charge on any atom is 0.213 e. The van der Waals surface area contributed by atoms with E-state index in [1.165, 1.54) is 21.1 Å². The summed E-state index contributed by atoms with van der Waals surface area (Å²) in [5, 5.41) is 0. The topological polar surface area (TPSA) is 37.4 Å². The number of thiophene rings is 1. The van der Waals surface area contributed by atoms with E-state index >= 15 is 0 Å². The molecule has 1 heterocycles. The molecule has 0 bridgehead atoms. The zero-order chi connectivity index (χ0) is 13.8. The van der Waals surface area contributed by atoms with Gasteiger partial charge in [-0.3, -0.25) is 9.59 Å². The molecular formula is C15H15NO2S. The summed E-state index contributed by atoms with van der Waals surface area (Å²) in [6, 6.07) is 10.9. The first kappa shape index (κ1) is 13.5. The number of anilines is 1. The third-order valence-electron chi connectivity index (χ3n) is 2.93. The van der Waals surface area contributed by atoms with Gasteiger partial charge in [0, 0.05) is 23.2 Å². The van der Waals surface area contributed by atoms with Crippen molar-refractivity contribution in [3.05, 3.63) is 51.7 Å². The standard InChI is InChI=1S/C15H15NO2S/c1-3-13-8-9-14(19-13)15(18)11-4-6-12(7-5-11)16(2)10-17/h4-10H,3H2,1-2H3. The first-order chi connectivity index (χ1) is 9.15. The number of hydrogen-bond donors (Lipinski definition) is 0. The molecule has 0 aliphatic rings. The molecule has 1 aromatic carbocycles. The van der Waals surface area contributed by atoms with Crippen LogP contribution in [-0.2, 0) is 11.2 Å². The van der Waals surface area contributed by atoms with Crippen LogP contribution in [0.25, 0.3) is 0 Å². The summed E-state index contributed by atoms with van der Waals surface area (Å²) in [6.45, 7) is 2.07. The molecule has 19 heavy (non-hydrogen) atoms. The average molecular weight is 273 g/mol. The molecule has 3 nitrogen and oxygen atoms in total. The van der Waals surface area contributed by atoms with E-state index in [0.717, 1.165) is 23.4 Å². The molecule has 2 rings (SSSR count). The van der Waals surface area contributed by atoms with E-state index in [2.05, 4.69) is 6.92 Å². The Balaban J connectivity index is 2.22. The number of nitrogens with zero attached hydrogens (tertiary/aromatic N) is 1. The van der Waals surface area contributed by atoms with E-state index in [4.69, 9.17) is 0 Å². The second kappa shape index (κ2) is 5.80. The lowest BCUT2D eigenvalue weighted by molar-refractivity contribution is -0.107. The van der Waals surface area contributed by atoms with E-state index in [0.29, 0.717) is 5.56 Å². The lowest BCUT2D eigenvalue weighted by atomic mass is 10.1. The molecule has 0 aliphatic carbocycles. The predicted octanol–water partition coefficient (Wildman–Crippen LogP) is 3.13. The van der Waals surface area contributed by atoms with Gasteiger partial charge in [0.25, 0.3) is 0 Å². The van der Waals surface area contributed by atoms with Crippen LogP contribution in [0.5, 0.6) is 0 Å². The molecule has 0 saturated heterocycles. The smallest absolute Gasteiger partial charge is 0.213 e. The maximum absolute atomic E-state index is 12.3. The summed E-state index contributed by atoms with van der Waals surface area (Å²) < 4.78 is 0. The Morgan fingerprint density at radius 2 is 1.89 bits per heavy atom. The van der Waals surface area contributed by atoms with Gasteiger partial charge in [-0.2, -0.15) is 0 Å². The van der Waals surface area contributed by atoms with Crippen molar-refractivity contribution >= 4 is 29.2 Å².